The fraction of sp³-hybridized carbons (Fsp3) is 0.125. The molecule has 4 aromatic rings. The van der Waals surface area contributed by atoms with Crippen LogP contribution in [0.15, 0.2) is 72.9 Å². The average molecular weight is 465 g/mol. The highest BCUT2D eigenvalue weighted by atomic mass is 35.5. The second-order valence-electron chi connectivity index (χ2n) is 7.14. The largest absolute Gasteiger partial charge is 0.397 e. The van der Waals surface area contributed by atoms with Gasteiger partial charge in [-0.1, -0.05) is 53.5 Å². The molecule has 0 atom stereocenters. The number of nitrogens with zero attached hydrogens (tertiary/aromatic N) is 3. The van der Waals surface area contributed by atoms with Gasteiger partial charge in [0.15, 0.2) is 5.82 Å². The van der Waals surface area contributed by atoms with Crippen LogP contribution in [0, 0.1) is 0 Å². The van der Waals surface area contributed by atoms with Crippen LogP contribution >= 0.6 is 23.2 Å². The van der Waals surface area contributed by atoms with Gasteiger partial charge in [0.05, 0.1) is 22.6 Å². The minimum absolute atomic E-state index is 0.508. The number of hydrogen-bond donors (Lipinski definition) is 3. The number of anilines is 3. The van der Waals surface area contributed by atoms with E-state index in [2.05, 4.69) is 20.6 Å². The van der Waals surface area contributed by atoms with Gasteiger partial charge in [0.2, 0.25) is 0 Å². The van der Waals surface area contributed by atoms with E-state index in [0.29, 0.717) is 21.6 Å². The molecule has 0 amide bonds. The van der Waals surface area contributed by atoms with Gasteiger partial charge in [-0.25, -0.2) is 15.0 Å². The van der Waals surface area contributed by atoms with Crippen LogP contribution < -0.4 is 16.4 Å². The Morgan fingerprint density at radius 2 is 1.59 bits per heavy atom. The number of pyridine rings is 1. The Kier molecular flexibility index (Phi) is 7.04. The molecule has 0 aliphatic heterocycles. The van der Waals surface area contributed by atoms with Gasteiger partial charge in [-0.2, -0.15) is 0 Å². The third kappa shape index (κ3) is 5.66. The Morgan fingerprint density at radius 1 is 0.812 bits per heavy atom. The van der Waals surface area contributed by atoms with Crippen molar-refractivity contribution in [3.63, 3.8) is 0 Å². The van der Waals surface area contributed by atoms with E-state index in [1.54, 1.807) is 18.3 Å². The van der Waals surface area contributed by atoms with Gasteiger partial charge >= 0.3 is 0 Å². The molecule has 0 bridgehead atoms. The highest BCUT2D eigenvalue weighted by Gasteiger charge is 2.12. The first-order chi connectivity index (χ1) is 15.6. The molecule has 162 valence electrons. The molecule has 0 aliphatic rings. The summed E-state index contributed by atoms with van der Waals surface area (Å²) in [7, 11) is 0. The normalized spacial score (nSPS) is 10.7. The number of aromatic nitrogens is 3. The molecule has 2 aromatic heterocycles. The molecule has 0 unspecified atom stereocenters. The van der Waals surface area contributed by atoms with Crippen molar-refractivity contribution in [3.8, 4) is 22.6 Å². The van der Waals surface area contributed by atoms with Gasteiger partial charge in [0.1, 0.15) is 11.6 Å². The number of halogens is 2. The van der Waals surface area contributed by atoms with Crippen LogP contribution in [0.2, 0.25) is 10.0 Å². The Morgan fingerprint density at radius 3 is 2.31 bits per heavy atom. The summed E-state index contributed by atoms with van der Waals surface area (Å²) >= 11 is 12.5. The lowest BCUT2D eigenvalue weighted by Crippen LogP contribution is -2.11. The van der Waals surface area contributed by atoms with Crippen molar-refractivity contribution in [2.45, 2.75) is 6.42 Å². The topological polar surface area (TPSA) is 88.8 Å². The summed E-state index contributed by atoms with van der Waals surface area (Å²) in [5, 5.41) is 7.74. The third-order valence-electron chi connectivity index (χ3n) is 4.72. The highest BCUT2D eigenvalue weighted by molar-refractivity contribution is 6.36. The molecular formula is C24H22Cl2N6. The third-order valence-corrected chi connectivity index (χ3v) is 5.27. The second kappa shape index (κ2) is 10.3. The smallest absolute Gasteiger partial charge is 0.163 e. The van der Waals surface area contributed by atoms with Crippen LogP contribution in [0.25, 0.3) is 22.6 Å². The lowest BCUT2D eigenvalue weighted by Gasteiger charge is -2.12. The van der Waals surface area contributed by atoms with Crippen molar-refractivity contribution >= 4 is 40.5 Å². The van der Waals surface area contributed by atoms with Gasteiger partial charge in [-0.15, -0.1) is 0 Å². The summed E-state index contributed by atoms with van der Waals surface area (Å²) in [4.78, 5) is 13.7. The lowest BCUT2D eigenvalue weighted by atomic mass is 10.1. The molecule has 0 aliphatic carbocycles. The zero-order valence-electron chi connectivity index (χ0n) is 17.2. The summed E-state index contributed by atoms with van der Waals surface area (Å²) in [6.45, 7) is 1.48. The molecule has 8 heteroatoms. The van der Waals surface area contributed by atoms with E-state index in [4.69, 9.17) is 33.9 Å². The minimum Gasteiger partial charge on any atom is -0.397 e. The molecule has 0 saturated carbocycles. The van der Waals surface area contributed by atoms with Crippen molar-refractivity contribution in [1.82, 2.24) is 15.0 Å². The average Bonchev–Trinajstić information content (AvgIpc) is 2.80. The van der Waals surface area contributed by atoms with Crippen LogP contribution in [-0.2, 0) is 0 Å². The van der Waals surface area contributed by atoms with Crippen LogP contribution in [0.4, 0.5) is 17.3 Å². The number of rotatable bonds is 8. The lowest BCUT2D eigenvalue weighted by molar-refractivity contribution is 0.897. The van der Waals surface area contributed by atoms with Crippen LogP contribution in [0.5, 0.6) is 0 Å². The first-order valence-corrected chi connectivity index (χ1v) is 10.9. The standard InChI is InChI=1S/C24H22Cl2N6/c25-17-7-9-19(20(26)13-17)24-31-21(16-5-2-1-3-6-16)14-23(32-24)29-12-4-11-28-22-10-8-18(27)15-30-22/h1-3,5-10,13-15H,4,11-12,27H2,(H,28,30)(H,29,31,32). The van der Waals surface area contributed by atoms with Crippen molar-refractivity contribution in [2.75, 3.05) is 29.5 Å². The number of benzene rings is 2. The molecule has 32 heavy (non-hydrogen) atoms. The van der Waals surface area contributed by atoms with Crippen LogP contribution in [-0.4, -0.2) is 28.0 Å². The molecule has 6 nitrogen and oxygen atoms in total. The maximum atomic E-state index is 6.42. The Balaban J connectivity index is 1.49. The summed E-state index contributed by atoms with van der Waals surface area (Å²) in [6.07, 6.45) is 2.50. The van der Waals surface area contributed by atoms with Crippen molar-refractivity contribution in [1.29, 1.82) is 0 Å². The highest BCUT2D eigenvalue weighted by Crippen LogP contribution is 2.30. The van der Waals surface area contributed by atoms with E-state index >= 15 is 0 Å². The van der Waals surface area contributed by atoms with Crippen molar-refractivity contribution < 1.29 is 0 Å². The van der Waals surface area contributed by atoms with Gasteiger partial charge in [0, 0.05) is 35.3 Å². The van der Waals surface area contributed by atoms with E-state index < -0.39 is 0 Å². The fourth-order valence-electron chi connectivity index (χ4n) is 3.12. The summed E-state index contributed by atoms with van der Waals surface area (Å²) in [5.74, 6) is 2.07. The van der Waals surface area contributed by atoms with Gasteiger partial charge in [0.25, 0.3) is 0 Å². The number of nitrogens with two attached hydrogens (primary N) is 1. The molecule has 0 saturated heterocycles. The molecule has 4 N–H and O–H groups in total. The molecule has 4 rings (SSSR count). The SMILES string of the molecule is Nc1ccc(NCCCNc2cc(-c3ccccc3)nc(-c3ccc(Cl)cc3Cl)n2)nc1. The monoisotopic (exact) mass is 464 g/mol. The first-order valence-electron chi connectivity index (χ1n) is 10.2. The predicted molar refractivity (Wildman–Crippen MR) is 133 cm³/mol. The summed E-state index contributed by atoms with van der Waals surface area (Å²) < 4.78 is 0. The number of nitrogen functional groups attached to an aromatic ring is 1. The maximum Gasteiger partial charge on any atom is 0.163 e. The molecule has 0 fully saturated rings. The van der Waals surface area contributed by atoms with Gasteiger partial charge in [-0.3, -0.25) is 0 Å². The Bertz CT molecular complexity index is 1180. The van der Waals surface area contributed by atoms with Crippen molar-refractivity contribution in [3.05, 3.63) is 83.0 Å². The zero-order chi connectivity index (χ0) is 22.3. The minimum atomic E-state index is 0.508. The number of nitrogens with one attached hydrogen (secondary N) is 2. The predicted octanol–water partition coefficient (Wildman–Crippen LogP) is 6.01. The van der Waals surface area contributed by atoms with Gasteiger partial charge < -0.3 is 16.4 Å². The molecule has 0 radical (unpaired) electrons. The molecule has 2 heterocycles. The Labute approximate surface area is 196 Å². The maximum absolute atomic E-state index is 6.42. The van der Waals surface area contributed by atoms with Crippen molar-refractivity contribution in [2.24, 2.45) is 0 Å². The van der Waals surface area contributed by atoms with Crippen LogP contribution in [0.1, 0.15) is 6.42 Å². The fourth-order valence-corrected chi connectivity index (χ4v) is 3.61. The summed E-state index contributed by atoms with van der Waals surface area (Å²) in [6, 6.07) is 20.9. The summed E-state index contributed by atoms with van der Waals surface area (Å²) in [5.41, 5.74) is 8.85. The molecule has 0 spiro atoms. The number of hydrogen-bond acceptors (Lipinski definition) is 6. The van der Waals surface area contributed by atoms with E-state index in [1.165, 1.54) is 0 Å². The first kappa shape index (κ1) is 21.9. The Hall–Kier alpha value is -3.35. The quantitative estimate of drug-likeness (QED) is 0.276. The van der Waals surface area contributed by atoms with E-state index in [-0.39, 0.29) is 0 Å². The second-order valence-corrected chi connectivity index (χ2v) is 7.98. The van der Waals surface area contributed by atoms with Crippen LogP contribution in [0.3, 0.4) is 0 Å². The van der Waals surface area contributed by atoms with E-state index in [0.717, 1.165) is 48.0 Å². The molecule has 2 aromatic carbocycles. The zero-order valence-corrected chi connectivity index (χ0v) is 18.7. The van der Waals surface area contributed by atoms with E-state index in [9.17, 15) is 0 Å². The van der Waals surface area contributed by atoms with E-state index in [1.807, 2.05) is 54.6 Å². The molecular weight excluding hydrogens is 443 g/mol. The van der Waals surface area contributed by atoms with Gasteiger partial charge in [-0.05, 0) is 36.8 Å².